The third-order valence-corrected chi connectivity index (χ3v) is 4.66. The van der Waals surface area contributed by atoms with Crippen molar-refractivity contribution in [1.82, 2.24) is 5.32 Å². The number of benzene rings is 2. The topological polar surface area (TPSA) is 78.4 Å². The Morgan fingerprint density at radius 1 is 1.12 bits per heavy atom. The van der Waals surface area contributed by atoms with E-state index in [9.17, 15) is 9.59 Å². The van der Waals surface area contributed by atoms with Crippen LogP contribution >= 0.6 is 11.6 Å². The fourth-order valence-corrected chi connectivity index (χ4v) is 3.17. The van der Waals surface area contributed by atoms with Gasteiger partial charge in [0.1, 0.15) is 5.54 Å². The molecule has 2 aromatic rings. The number of carbonyl (C=O) groups excluding carboxylic acids is 1. The van der Waals surface area contributed by atoms with E-state index in [1.165, 1.54) is 6.08 Å². The highest BCUT2D eigenvalue weighted by Gasteiger charge is 2.41. The van der Waals surface area contributed by atoms with Gasteiger partial charge in [-0.1, -0.05) is 23.7 Å². The van der Waals surface area contributed by atoms with Gasteiger partial charge in [0.2, 0.25) is 0 Å². The number of hydrogen-bond donors (Lipinski definition) is 3. The second-order valence-corrected chi connectivity index (χ2v) is 6.70. The van der Waals surface area contributed by atoms with E-state index >= 15 is 0 Å². The number of hydrogen-bond acceptors (Lipinski definition) is 4. The van der Waals surface area contributed by atoms with E-state index in [0.29, 0.717) is 23.6 Å². The summed E-state index contributed by atoms with van der Waals surface area (Å²) in [4.78, 5) is 23.7. The summed E-state index contributed by atoms with van der Waals surface area (Å²) in [6, 6.07) is 14.2. The Hall–Kier alpha value is -2.63. The van der Waals surface area contributed by atoms with Crippen LogP contribution in [0.1, 0.15) is 22.3 Å². The van der Waals surface area contributed by atoms with Crippen molar-refractivity contribution in [3.8, 4) is 0 Å². The minimum atomic E-state index is -0.989. The molecule has 6 heteroatoms. The summed E-state index contributed by atoms with van der Waals surface area (Å²) in [6.45, 7) is 1.29. The van der Waals surface area contributed by atoms with Crippen molar-refractivity contribution in [2.24, 2.45) is 0 Å². The van der Waals surface area contributed by atoms with E-state index < -0.39 is 11.5 Å². The van der Waals surface area contributed by atoms with Crippen molar-refractivity contribution in [1.29, 1.82) is 0 Å². The zero-order valence-corrected chi connectivity index (χ0v) is 14.8. The van der Waals surface area contributed by atoms with Gasteiger partial charge in [0, 0.05) is 28.9 Å². The molecule has 26 heavy (non-hydrogen) atoms. The molecule has 0 bridgehead atoms. The van der Waals surface area contributed by atoms with Gasteiger partial charge in [0.05, 0.1) is 0 Å². The fourth-order valence-electron chi connectivity index (χ4n) is 3.05. The summed E-state index contributed by atoms with van der Waals surface area (Å²) in [5.41, 5.74) is 1.49. The van der Waals surface area contributed by atoms with Crippen LogP contribution in [0.2, 0.25) is 5.02 Å². The summed E-state index contributed by atoms with van der Waals surface area (Å²) in [5, 5.41) is 15.9. The third-order valence-electron chi connectivity index (χ3n) is 4.41. The van der Waals surface area contributed by atoms with E-state index in [2.05, 4.69) is 10.6 Å². The van der Waals surface area contributed by atoms with Gasteiger partial charge in [-0.15, -0.1) is 0 Å². The maximum absolute atomic E-state index is 13.1. The molecule has 0 unspecified atom stereocenters. The predicted molar refractivity (Wildman–Crippen MR) is 103 cm³/mol. The summed E-state index contributed by atoms with van der Waals surface area (Å²) >= 11 is 5.92. The van der Waals surface area contributed by atoms with Crippen molar-refractivity contribution in [3.63, 3.8) is 0 Å². The molecule has 0 aliphatic carbocycles. The molecule has 1 atom stereocenters. The lowest BCUT2D eigenvalue weighted by Gasteiger charge is -2.29. The minimum Gasteiger partial charge on any atom is -0.478 e. The average molecular weight is 371 g/mol. The number of carboxylic acids is 1. The number of aliphatic carboxylic acids is 1. The lowest BCUT2D eigenvalue weighted by Crippen LogP contribution is -2.48. The van der Waals surface area contributed by atoms with Gasteiger partial charge in [0.25, 0.3) is 0 Å². The maximum atomic E-state index is 13.1. The molecular formula is C20H19ClN2O3. The highest BCUT2D eigenvalue weighted by molar-refractivity contribution is 6.30. The Labute approximate surface area is 156 Å². The van der Waals surface area contributed by atoms with Crippen LogP contribution in [0.5, 0.6) is 0 Å². The van der Waals surface area contributed by atoms with Crippen molar-refractivity contribution < 1.29 is 14.7 Å². The molecule has 0 saturated carbocycles. The highest BCUT2D eigenvalue weighted by atomic mass is 35.5. The minimum absolute atomic E-state index is 0.0222. The Morgan fingerprint density at radius 2 is 1.81 bits per heavy atom. The number of Topliss-reactive ketones (excluding diaryl/α,β-unsaturated/α-hetero) is 1. The molecule has 3 rings (SSSR count). The first-order valence-electron chi connectivity index (χ1n) is 8.29. The number of carbonyl (C=O) groups is 2. The number of nitrogens with one attached hydrogen (secondary N) is 2. The summed E-state index contributed by atoms with van der Waals surface area (Å²) in [7, 11) is 0. The zero-order valence-electron chi connectivity index (χ0n) is 14.0. The molecule has 0 spiro atoms. The third kappa shape index (κ3) is 4.12. The molecule has 0 amide bonds. The van der Waals surface area contributed by atoms with Gasteiger partial charge in [-0.2, -0.15) is 0 Å². The van der Waals surface area contributed by atoms with Crippen molar-refractivity contribution >= 4 is 35.1 Å². The first-order valence-corrected chi connectivity index (χ1v) is 8.67. The summed E-state index contributed by atoms with van der Waals surface area (Å²) in [5.74, 6) is -0.967. The molecule has 2 aromatic carbocycles. The van der Waals surface area contributed by atoms with E-state index in [4.69, 9.17) is 16.7 Å². The van der Waals surface area contributed by atoms with Crippen LogP contribution in [0.25, 0.3) is 6.08 Å². The monoisotopic (exact) mass is 370 g/mol. The number of ketones is 1. The van der Waals surface area contributed by atoms with E-state index in [0.717, 1.165) is 23.9 Å². The smallest absolute Gasteiger partial charge is 0.328 e. The standard InChI is InChI=1S/C20H19ClN2O3/c21-16-6-4-15(5-7-16)19(26)20(11-12-22-13-20)23-17-8-1-14(2-9-17)3-10-18(24)25/h1-10,22-23H,11-13H2,(H,24,25)/b10-3+/t20-/m1/s1. The largest absolute Gasteiger partial charge is 0.478 e. The molecule has 1 aliphatic rings. The quantitative estimate of drug-likeness (QED) is 0.536. The average Bonchev–Trinajstić information content (AvgIpc) is 3.11. The molecule has 1 heterocycles. The van der Waals surface area contributed by atoms with Crippen LogP contribution in [0.3, 0.4) is 0 Å². The lowest BCUT2D eigenvalue weighted by molar-refractivity contribution is -0.131. The second kappa shape index (κ2) is 7.72. The number of anilines is 1. The first-order chi connectivity index (χ1) is 12.5. The molecule has 1 saturated heterocycles. The Kier molecular flexibility index (Phi) is 5.40. The predicted octanol–water partition coefficient (Wildman–Crippen LogP) is 3.46. The van der Waals surface area contributed by atoms with Crippen LogP contribution in [0.4, 0.5) is 5.69 Å². The van der Waals surface area contributed by atoms with Gasteiger partial charge in [0.15, 0.2) is 5.78 Å². The van der Waals surface area contributed by atoms with Gasteiger partial charge >= 0.3 is 5.97 Å². The van der Waals surface area contributed by atoms with Gasteiger partial charge in [-0.3, -0.25) is 4.79 Å². The normalized spacial score (nSPS) is 19.6. The zero-order chi connectivity index (χ0) is 18.6. The molecule has 1 aliphatic heterocycles. The van der Waals surface area contributed by atoms with Crippen molar-refractivity contribution in [3.05, 3.63) is 70.8 Å². The Bertz CT molecular complexity index is 823. The van der Waals surface area contributed by atoms with Crippen LogP contribution in [-0.2, 0) is 4.79 Å². The van der Waals surface area contributed by atoms with Crippen molar-refractivity contribution in [2.45, 2.75) is 12.0 Å². The number of rotatable bonds is 6. The van der Waals surface area contributed by atoms with Crippen LogP contribution in [-0.4, -0.2) is 35.5 Å². The van der Waals surface area contributed by atoms with E-state index in [-0.39, 0.29) is 5.78 Å². The molecule has 1 fully saturated rings. The molecule has 0 aromatic heterocycles. The fraction of sp³-hybridized carbons (Fsp3) is 0.200. The Balaban J connectivity index is 1.81. The van der Waals surface area contributed by atoms with Crippen LogP contribution < -0.4 is 10.6 Å². The SMILES string of the molecule is O=C(O)/C=C/c1ccc(N[C@]2(C(=O)c3ccc(Cl)cc3)CCNC2)cc1. The van der Waals surface area contributed by atoms with Crippen LogP contribution in [0.15, 0.2) is 54.6 Å². The number of halogens is 1. The molecular weight excluding hydrogens is 352 g/mol. The second-order valence-electron chi connectivity index (χ2n) is 6.26. The van der Waals surface area contributed by atoms with Gasteiger partial charge in [-0.05, 0) is 61.0 Å². The van der Waals surface area contributed by atoms with E-state index in [1.807, 2.05) is 24.3 Å². The van der Waals surface area contributed by atoms with E-state index in [1.54, 1.807) is 24.3 Å². The molecule has 0 radical (unpaired) electrons. The Morgan fingerprint density at radius 3 is 2.38 bits per heavy atom. The van der Waals surface area contributed by atoms with Gasteiger partial charge in [-0.25, -0.2) is 4.79 Å². The maximum Gasteiger partial charge on any atom is 0.328 e. The summed E-state index contributed by atoms with van der Waals surface area (Å²) in [6.07, 6.45) is 3.29. The van der Waals surface area contributed by atoms with Crippen molar-refractivity contribution in [2.75, 3.05) is 18.4 Å². The van der Waals surface area contributed by atoms with Gasteiger partial charge < -0.3 is 15.7 Å². The first kappa shape index (κ1) is 18.2. The summed E-state index contributed by atoms with van der Waals surface area (Å²) < 4.78 is 0. The molecule has 3 N–H and O–H groups in total. The lowest BCUT2D eigenvalue weighted by atomic mass is 9.88. The molecule has 134 valence electrons. The molecule has 5 nitrogen and oxygen atoms in total. The number of carboxylic acid groups (broad SMARTS) is 1. The van der Waals surface area contributed by atoms with Crippen LogP contribution in [0, 0.1) is 0 Å². The highest BCUT2D eigenvalue weighted by Crippen LogP contribution is 2.27.